The molecule has 8 bridgehead atoms. The normalized spacial score (nSPS) is 15.7. The first kappa shape index (κ1) is 39.0. The third-order valence-electron chi connectivity index (χ3n) is 12.3. The predicted octanol–water partition coefficient (Wildman–Crippen LogP) is 16.6. The van der Waals surface area contributed by atoms with Gasteiger partial charge in [0, 0.05) is 62.6 Å². The lowest BCUT2D eigenvalue weighted by Crippen LogP contribution is -2.19. The van der Waals surface area contributed by atoms with Crippen LogP contribution in [0.4, 0.5) is 62.6 Å². The van der Waals surface area contributed by atoms with Crippen LogP contribution in [0, 0.1) is 0 Å². The number of allylic oxidation sites excluding steroid dienone is 11. The molecule has 0 saturated heterocycles. The molecule has 0 saturated carbocycles. The lowest BCUT2D eigenvalue weighted by Gasteiger charge is -2.33. The second-order valence-corrected chi connectivity index (χ2v) is 16.6. The molecule has 1 aromatic heterocycles. The fourth-order valence-electron chi connectivity index (χ4n) is 9.37. The van der Waals surface area contributed by atoms with Gasteiger partial charge in [0.2, 0.25) is 0 Å². The monoisotopic (exact) mass is 827 g/mol. The van der Waals surface area contributed by atoms with Crippen LogP contribution in [-0.2, 0) is 0 Å². The summed E-state index contributed by atoms with van der Waals surface area (Å²) in [6, 6.07) is 61.9. The van der Waals surface area contributed by atoms with Crippen LogP contribution in [0.3, 0.4) is 0 Å². The van der Waals surface area contributed by atoms with Crippen molar-refractivity contribution >= 4 is 73.7 Å². The van der Waals surface area contributed by atoms with Crippen molar-refractivity contribution in [1.29, 1.82) is 0 Å². The molecular weight excluding hydrogens is 779 g/mol. The van der Waals surface area contributed by atoms with Gasteiger partial charge in [0.15, 0.2) is 0 Å². The van der Waals surface area contributed by atoms with E-state index in [4.69, 9.17) is 4.98 Å². The van der Waals surface area contributed by atoms with Crippen molar-refractivity contribution in [3.63, 3.8) is 0 Å². The summed E-state index contributed by atoms with van der Waals surface area (Å²) < 4.78 is 0. The van der Waals surface area contributed by atoms with Gasteiger partial charge >= 0.3 is 0 Å². The zero-order chi connectivity index (χ0) is 42.7. The molecule has 4 aliphatic rings. The van der Waals surface area contributed by atoms with Crippen LogP contribution in [0.25, 0.3) is 11.1 Å². The first-order valence-corrected chi connectivity index (χ1v) is 22.6. The Morgan fingerprint density at radius 3 is 1.25 bits per heavy atom. The minimum atomic E-state index is 0.954. The van der Waals surface area contributed by atoms with Gasteiger partial charge in [-0.1, -0.05) is 109 Å². The first-order valence-electron chi connectivity index (χ1n) is 22.6. The SMILES string of the molecule is C1=CCCC(c2cc(N3c4cccc(c4)N(C4=CCCC=C4)c4cccc(c4)N(c4ccccc4)c4cccc(c4)N(c4ccccc4)c4cccc3c4)cc(C3=CCCC=C3)n2)=C1. The highest BCUT2D eigenvalue weighted by Gasteiger charge is 2.24. The van der Waals surface area contributed by atoms with E-state index in [2.05, 4.69) is 244 Å². The van der Waals surface area contributed by atoms with E-state index >= 15 is 0 Å². The van der Waals surface area contributed by atoms with Crippen LogP contribution >= 0.6 is 0 Å². The molecule has 0 spiro atoms. The minimum Gasteiger partial charge on any atom is -0.311 e. The van der Waals surface area contributed by atoms with Gasteiger partial charge in [0.05, 0.1) is 17.1 Å². The molecule has 310 valence electrons. The standard InChI is InChI=1S/C59H49N5/c1-6-20-44(21-7-1)58-42-57(43-59(60-58)45-22-8-2-9-23-45)64-55-36-18-34-53(40-55)62(47-26-12-4-13-27-47)51-32-16-30-49(38-51)61(46-24-10-3-11-25-46)50-31-17-33-52(39-50)63(48-28-14-5-15-29-48)54-35-19-37-56(64)41-54/h1,3-4,6,8,10-14,16-20,22-43H,2,5,7,9,15,21H2. The zero-order valence-corrected chi connectivity index (χ0v) is 35.8. The van der Waals surface area contributed by atoms with Gasteiger partial charge in [-0.2, -0.15) is 0 Å². The van der Waals surface area contributed by atoms with Crippen molar-refractivity contribution in [2.45, 2.75) is 38.5 Å². The lowest BCUT2D eigenvalue weighted by atomic mass is 9.98. The smallest absolute Gasteiger partial charge is 0.0726 e. The third-order valence-corrected chi connectivity index (χ3v) is 12.3. The van der Waals surface area contributed by atoms with Crippen LogP contribution in [-0.4, -0.2) is 4.98 Å². The van der Waals surface area contributed by atoms with Crippen molar-refractivity contribution in [2.75, 3.05) is 19.6 Å². The number of fused-ring (bicyclic) bond motifs is 8. The molecule has 5 nitrogen and oxygen atoms in total. The molecule has 6 aromatic carbocycles. The average Bonchev–Trinajstić information content (AvgIpc) is 3.36. The van der Waals surface area contributed by atoms with Gasteiger partial charge in [-0.25, -0.2) is 4.98 Å². The maximum Gasteiger partial charge on any atom is 0.0726 e. The van der Waals surface area contributed by atoms with E-state index in [0.717, 1.165) is 118 Å². The quantitative estimate of drug-likeness (QED) is 0.166. The maximum absolute atomic E-state index is 5.38. The molecule has 0 radical (unpaired) electrons. The van der Waals surface area contributed by atoms with Gasteiger partial charge in [-0.3, -0.25) is 0 Å². The fourth-order valence-corrected chi connectivity index (χ4v) is 9.37. The van der Waals surface area contributed by atoms with Crippen LogP contribution in [0.15, 0.2) is 230 Å². The molecule has 0 N–H and O–H groups in total. The Labute approximate surface area is 376 Å². The number of pyridine rings is 1. The minimum absolute atomic E-state index is 0.954. The van der Waals surface area contributed by atoms with Crippen molar-refractivity contribution < 1.29 is 0 Å². The average molecular weight is 828 g/mol. The molecule has 64 heavy (non-hydrogen) atoms. The largest absolute Gasteiger partial charge is 0.311 e. The Morgan fingerprint density at radius 1 is 0.344 bits per heavy atom. The lowest BCUT2D eigenvalue weighted by molar-refractivity contribution is 0.997. The van der Waals surface area contributed by atoms with Gasteiger partial charge < -0.3 is 19.6 Å². The molecule has 0 unspecified atom stereocenters. The van der Waals surface area contributed by atoms with Crippen molar-refractivity contribution in [3.05, 3.63) is 242 Å². The summed E-state index contributed by atoms with van der Waals surface area (Å²) in [6.45, 7) is 0. The van der Waals surface area contributed by atoms with Crippen LogP contribution in [0.1, 0.15) is 49.9 Å². The number of para-hydroxylation sites is 2. The van der Waals surface area contributed by atoms with E-state index in [1.165, 1.54) is 11.1 Å². The molecular formula is C59H49N5. The topological polar surface area (TPSA) is 25.9 Å². The van der Waals surface area contributed by atoms with E-state index in [1.807, 2.05) is 0 Å². The Hall–Kier alpha value is -7.89. The number of aromatic nitrogens is 1. The zero-order valence-electron chi connectivity index (χ0n) is 35.8. The number of hydrogen-bond donors (Lipinski definition) is 0. The van der Waals surface area contributed by atoms with Crippen LogP contribution < -0.4 is 19.6 Å². The third kappa shape index (κ3) is 7.77. The van der Waals surface area contributed by atoms with Gasteiger partial charge in [-0.15, -0.1) is 0 Å². The number of rotatable bonds is 6. The Balaban J connectivity index is 1.20. The highest BCUT2D eigenvalue weighted by molar-refractivity contribution is 5.89. The van der Waals surface area contributed by atoms with Crippen LogP contribution in [0.5, 0.6) is 0 Å². The number of anilines is 11. The fraction of sp³-hybridized carbons (Fsp3) is 0.102. The van der Waals surface area contributed by atoms with Gasteiger partial charge in [-0.05, 0) is 165 Å². The predicted molar refractivity (Wildman–Crippen MR) is 270 cm³/mol. The second kappa shape index (κ2) is 17.5. The van der Waals surface area contributed by atoms with Gasteiger partial charge in [0.1, 0.15) is 0 Å². The number of benzene rings is 6. The van der Waals surface area contributed by atoms with E-state index < -0.39 is 0 Å². The van der Waals surface area contributed by atoms with Crippen molar-refractivity contribution in [2.24, 2.45) is 0 Å². The highest BCUT2D eigenvalue weighted by atomic mass is 15.2. The molecule has 7 aromatic rings. The Morgan fingerprint density at radius 2 is 0.797 bits per heavy atom. The van der Waals surface area contributed by atoms with Gasteiger partial charge in [0.25, 0.3) is 0 Å². The molecule has 3 aliphatic carbocycles. The summed E-state index contributed by atoms with van der Waals surface area (Å²) in [4.78, 5) is 15.0. The van der Waals surface area contributed by atoms with E-state index in [-0.39, 0.29) is 0 Å². The molecule has 5 heteroatoms. The summed E-state index contributed by atoms with van der Waals surface area (Å²) in [5.74, 6) is 0. The maximum atomic E-state index is 5.38. The van der Waals surface area contributed by atoms with Crippen molar-refractivity contribution in [1.82, 2.24) is 4.98 Å². The number of hydrogen-bond acceptors (Lipinski definition) is 5. The summed E-state index contributed by atoms with van der Waals surface area (Å²) in [5, 5.41) is 0. The molecule has 1 aliphatic heterocycles. The molecule has 0 fully saturated rings. The first-order chi connectivity index (χ1) is 31.7. The Bertz CT molecular complexity index is 3030. The second-order valence-electron chi connectivity index (χ2n) is 16.6. The molecule has 2 heterocycles. The summed E-state index contributed by atoms with van der Waals surface area (Å²) >= 11 is 0. The van der Waals surface area contributed by atoms with Crippen LogP contribution in [0.2, 0.25) is 0 Å². The number of nitrogens with zero attached hydrogens (tertiary/aromatic N) is 5. The Kier molecular flexibility index (Phi) is 10.6. The molecule has 0 amide bonds. The van der Waals surface area contributed by atoms with Crippen molar-refractivity contribution in [3.8, 4) is 0 Å². The van der Waals surface area contributed by atoms with E-state index in [9.17, 15) is 0 Å². The summed E-state index contributed by atoms with van der Waals surface area (Å²) in [7, 11) is 0. The molecule has 0 atom stereocenters. The highest BCUT2D eigenvalue weighted by Crippen LogP contribution is 2.46. The van der Waals surface area contributed by atoms with E-state index in [0.29, 0.717) is 0 Å². The van der Waals surface area contributed by atoms with E-state index in [1.54, 1.807) is 0 Å². The summed E-state index contributed by atoms with van der Waals surface area (Å²) in [6.07, 6.45) is 26.5. The summed E-state index contributed by atoms with van der Waals surface area (Å²) in [5.41, 5.74) is 17.3. The molecule has 11 rings (SSSR count).